The highest BCUT2D eigenvalue weighted by molar-refractivity contribution is 5.46. The first-order valence-electron chi connectivity index (χ1n) is 8.63. The van der Waals surface area contributed by atoms with Gasteiger partial charge >= 0.3 is 22.8 Å². The van der Waals surface area contributed by atoms with Crippen LogP contribution in [0.15, 0.2) is 30.4 Å². The highest BCUT2D eigenvalue weighted by atomic mass is 16.2. The molecule has 0 aromatic carbocycles. The second-order valence-electron chi connectivity index (χ2n) is 7.65. The standard InChI is InChI=1S/C15H17N7O4/c1-7-8-4-5-15(21-13(25)16(2)11(23)19(8)21)9-6-18(10(7)15)22-14(26)17(3)12(24)20(9)22/h8-9H,4-6H2,1-3H3/t8-,9+,15-/m0/s1. The predicted molar refractivity (Wildman–Crippen MR) is 88.9 cm³/mol. The third-order valence-electron chi connectivity index (χ3n) is 6.75. The Bertz CT molecular complexity index is 1310. The van der Waals surface area contributed by atoms with E-state index in [0.717, 1.165) is 26.8 Å². The van der Waals surface area contributed by atoms with Crippen LogP contribution < -0.4 is 27.8 Å². The summed E-state index contributed by atoms with van der Waals surface area (Å²) < 4.78 is 6.74. The van der Waals surface area contributed by atoms with Gasteiger partial charge in [-0.05, 0) is 25.3 Å². The Morgan fingerprint density at radius 1 is 0.923 bits per heavy atom. The van der Waals surface area contributed by atoms with Crippen LogP contribution in [0.3, 0.4) is 0 Å². The van der Waals surface area contributed by atoms with Crippen LogP contribution in [-0.2, 0) is 19.6 Å². The molecule has 4 bridgehead atoms. The summed E-state index contributed by atoms with van der Waals surface area (Å²) >= 11 is 0. The van der Waals surface area contributed by atoms with Gasteiger partial charge in [0.1, 0.15) is 11.6 Å². The van der Waals surface area contributed by atoms with E-state index in [2.05, 4.69) is 0 Å². The van der Waals surface area contributed by atoms with Crippen LogP contribution in [0.4, 0.5) is 0 Å². The van der Waals surface area contributed by atoms with Crippen molar-refractivity contribution in [2.75, 3.05) is 11.6 Å². The molecule has 1 fully saturated rings. The topological polar surface area (TPSA) is 101 Å². The number of nitrogens with zero attached hydrogens (tertiary/aromatic N) is 7. The predicted octanol–water partition coefficient (Wildman–Crippen LogP) is -2.47. The van der Waals surface area contributed by atoms with Crippen molar-refractivity contribution in [2.45, 2.75) is 37.4 Å². The molecule has 11 nitrogen and oxygen atoms in total. The van der Waals surface area contributed by atoms with Crippen LogP contribution in [0, 0.1) is 0 Å². The van der Waals surface area contributed by atoms with Crippen molar-refractivity contribution in [3.05, 3.63) is 53.2 Å². The Hall–Kier alpha value is -2.98. The zero-order chi connectivity index (χ0) is 18.3. The zero-order valence-corrected chi connectivity index (χ0v) is 14.5. The second-order valence-corrected chi connectivity index (χ2v) is 7.65. The fraction of sp³-hybridized carbons (Fsp3) is 0.600. The van der Waals surface area contributed by atoms with Crippen molar-refractivity contribution in [3.63, 3.8) is 0 Å². The number of allylic oxidation sites excluding steroid dienone is 2. The van der Waals surface area contributed by atoms with Crippen LogP contribution in [-0.4, -0.2) is 34.5 Å². The lowest BCUT2D eigenvalue weighted by Gasteiger charge is -2.50. The third-order valence-corrected chi connectivity index (χ3v) is 6.75. The molecule has 7 rings (SSSR count). The lowest BCUT2D eigenvalue weighted by Crippen LogP contribution is -2.61. The summed E-state index contributed by atoms with van der Waals surface area (Å²) in [5.41, 5.74) is -0.441. The Kier molecular flexibility index (Phi) is 2.04. The molecule has 0 saturated carbocycles. The van der Waals surface area contributed by atoms with E-state index >= 15 is 0 Å². The minimum atomic E-state index is -0.798. The molecule has 11 heteroatoms. The molecule has 1 spiro atoms. The Balaban J connectivity index is 1.81. The molecule has 0 radical (unpaired) electrons. The molecule has 2 aromatic heterocycles. The SMILES string of the molecule is CC1=C2N3C[C@@H](n4c(=O)n(C)c(=O)n43)[C@@]23CC[C@@H]1n1c(=O)n(C)c(=O)n13. The fourth-order valence-corrected chi connectivity index (χ4v) is 5.67. The average Bonchev–Trinajstić information content (AvgIpc) is 3.30. The Morgan fingerprint density at radius 2 is 1.58 bits per heavy atom. The van der Waals surface area contributed by atoms with Crippen molar-refractivity contribution < 1.29 is 0 Å². The van der Waals surface area contributed by atoms with E-state index in [1.807, 2.05) is 11.9 Å². The first-order valence-corrected chi connectivity index (χ1v) is 8.63. The van der Waals surface area contributed by atoms with Crippen LogP contribution in [0.2, 0.25) is 0 Å². The van der Waals surface area contributed by atoms with Gasteiger partial charge in [0.2, 0.25) is 0 Å². The van der Waals surface area contributed by atoms with Crippen LogP contribution in [0.1, 0.15) is 31.8 Å². The maximum atomic E-state index is 12.9. The third kappa shape index (κ3) is 1.06. The number of fused-ring (bicyclic) bond motifs is 6. The molecule has 6 heterocycles. The number of aromatic nitrogens is 6. The van der Waals surface area contributed by atoms with Gasteiger partial charge in [-0.15, -0.1) is 4.79 Å². The summed E-state index contributed by atoms with van der Waals surface area (Å²) in [4.78, 5) is 52.2. The fourth-order valence-electron chi connectivity index (χ4n) is 5.67. The molecular weight excluding hydrogens is 342 g/mol. The molecule has 1 saturated heterocycles. The molecule has 2 aromatic rings. The van der Waals surface area contributed by atoms with E-state index in [4.69, 9.17) is 0 Å². The number of rotatable bonds is 0. The van der Waals surface area contributed by atoms with E-state index in [1.54, 1.807) is 9.36 Å². The number of hydrogen-bond acceptors (Lipinski definition) is 5. The van der Waals surface area contributed by atoms with E-state index in [9.17, 15) is 19.2 Å². The lowest BCUT2D eigenvalue weighted by molar-refractivity contribution is 0.0811. The molecule has 136 valence electrons. The Labute approximate surface area is 145 Å². The van der Waals surface area contributed by atoms with E-state index in [-0.39, 0.29) is 17.4 Å². The van der Waals surface area contributed by atoms with Crippen molar-refractivity contribution in [1.29, 1.82) is 0 Å². The zero-order valence-electron chi connectivity index (χ0n) is 14.5. The van der Waals surface area contributed by atoms with Gasteiger partial charge in [-0.2, -0.15) is 0 Å². The largest absolute Gasteiger partial charge is 0.366 e. The van der Waals surface area contributed by atoms with Gasteiger partial charge in [0.15, 0.2) is 0 Å². The van der Waals surface area contributed by atoms with E-state index < -0.39 is 23.0 Å². The summed E-state index contributed by atoms with van der Waals surface area (Å²) in [6.45, 7) is 2.40. The molecule has 0 unspecified atom stereocenters. The molecule has 5 aliphatic rings. The van der Waals surface area contributed by atoms with Crippen LogP contribution in [0.25, 0.3) is 0 Å². The molecule has 1 aliphatic carbocycles. The summed E-state index contributed by atoms with van der Waals surface area (Å²) in [5, 5.41) is 1.82. The van der Waals surface area contributed by atoms with E-state index in [0.29, 0.717) is 13.0 Å². The molecule has 4 aliphatic heterocycles. The van der Waals surface area contributed by atoms with Gasteiger partial charge in [0, 0.05) is 14.1 Å². The van der Waals surface area contributed by atoms with Crippen molar-refractivity contribution in [1.82, 2.24) is 28.0 Å². The van der Waals surface area contributed by atoms with Gasteiger partial charge in [0.25, 0.3) is 0 Å². The monoisotopic (exact) mass is 359 g/mol. The van der Waals surface area contributed by atoms with Crippen LogP contribution >= 0.6 is 0 Å². The molecule has 26 heavy (non-hydrogen) atoms. The van der Waals surface area contributed by atoms with Gasteiger partial charge in [-0.25, -0.2) is 42.4 Å². The van der Waals surface area contributed by atoms with Gasteiger partial charge in [-0.1, -0.05) is 0 Å². The minimum absolute atomic E-state index is 0.202. The molecule has 0 N–H and O–H groups in total. The van der Waals surface area contributed by atoms with Gasteiger partial charge in [-0.3, -0.25) is 5.01 Å². The van der Waals surface area contributed by atoms with E-state index in [1.165, 1.54) is 23.6 Å². The minimum Gasteiger partial charge on any atom is -0.261 e. The Morgan fingerprint density at radius 3 is 2.31 bits per heavy atom. The summed E-state index contributed by atoms with van der Waals surface area (Å²) in [6, 6.07) is -0.604. The second kappa shape index (κ2) is 3.74. The summed E-state index contributed by atoms with van der Waals surface area (Å²) in [5.74, 6) is 0. The smallest absolute Gasteiger partial charge is 0.261 e. The van der Waals surface area contributed by atoms with Crippen molar-refractivity contribution in [2.24, 2.45) is 14.1 Å². The maximum Gasteiger partial charge on any atom is 0.366 e. The molecular formula is C15H17N7O4. The molecule has 0 amide bonds. The highest BCUT2D eigenvalue weighted by Gasteiger charge is 2.66. The lowest BCUT2D eigenvalue weighted by atomic mass is 9.74. The maximum absolute atomic E-state index is 12.9. The average molecular weight is 359 g/mol. The molecule has 3 atom stereocenters. The van der Waals surface area contributed by atoms with Crippen molar-refractivity contribution in [3.8, 4) is 0 Å². The quantitative estimate of drug-likeness (QED) is 0.519. The highest BCUT2D eigenvalue weighted by Crippen LogP contribution is 2.58. The first kappa shape index (κ1) is 14.2. The van der Waals surface area contributed by atoms with Crippen molar-refractivity contribution >= 4 is 0 Å². The summed E-state index contributed by atoms with van der Waals surface area (Å²) in [6.07, 6.45) is 1.39. The van der Waals surface area contributed by atoms with Gasteiger partial charge in [0.05, 0.1) is 18.3 Å². The van der Waals surface area contributed by atoms with Gasteiger partial charge < -0.3 is 0 Å². The first-order chi connectivity index (χ1) is 12.3. The summed E-state index contributed by atoms with van der Waals surface area (Å²) in [7, 11) is 2.93. The van der Waals surface area contributed by atoms with Crippen LogP contribution in [0.5, 0.6) is 0 Å². The number of hydrogen-bond donors (Lipinski definition) is 0. The normalized spacial score (nSPS) is 30.2.